The molecule has 0 spiro atoms. The summed E-state index contributed by atoms with van der Waals surface area (Å²) in [5, 5.41) is 0. The fourth-order valence-corrected chi connectivity index (χ4v) is 2.26. The molecule has 0 heterocycles. The Bertz CT molecular complexity index is 84.5. The van der Waals surface area contributed by atoms with Gasteiger partial charge in [0.1, 0.15) is 8.83 Å². The van der Waals surface area contributed by atoms with Gasteiger partial charge in [-0.25, -0.2) is 0 Å². The zero-order chi connectivity index (χ0) is 9.66. The molecule has 0 rings (SSSR count). The summed E-state index contributed by atoms with van der Waals surface area (Å²) in [7, 11) is 0.136. The van der Waals surface area contributed by atoms with Crippen molar-refractivity contribution in [3.63, 3.8) is 0 Å². The van der Waals surface area contributed by atoms with Crippen molar-refractivity contribution in [3.8, 4) is 0 Å². The Hall–Kier alpha value is 0.204. The molecule has 72 valence electrons. The SMILES string of the molecule is C=CCC[SiH2]CCC=C.C[SiH2]Cl. The average molecular weight is 221 g/mol. The van der Waals surface area contributed by atoms with Crippen molar-refractivity contribution in [1.29, 1.82) is 0 Å². The van der Waals surface area contributed by atoms with Gasteiger partial charge in [-0.15, -0.1) is 13.2 Å². The molecule has 0 aromatic rings. The van der Waals surface area contributed by atoms with Crippen LogP contribution in [0.1, 0.15) is 12.8 Å². The maximum atomic E-state index is 5.14. The Kier molecular flexibility index (Phi) is 21.3. The molecular weight excluding hydrogens is 200 g/mol. The highest BCUT2D eigenvalue weighted by Crippen LogP contribution is 1.95. The summed E-state index contributed by atoms with van der Waals surface area (Å²) in [5.74, 6) is 0. The Labute approximate surface area is 86.4 Å². The zero-order valence-corrected chi connectivity index (χ0v) is 11.8. The van der Waals surface area contributed by atoms with Gasteiger partial charge < -0.3 is 0 Å². The first-order valence-electron chi connectivity index (χ1n) is 4.61. The lowest BCUT2D eigenvalue weighted by molar-refractivity contribution is 1.14. The molecule has 0 fully saturated rings. The first-order chi connectivity index (χ1) is 5.83. The third kappa shape index (κ3) is 22.5. The van der Waals surface area contributed by atoms with E-state index in [4.69, 9.17) is 11.1 Å². The predicted molar refractivity (Wildman–Crippen MR) is 68.0 cm³/mol. The molecule has 0 atom stereocenters. The highest BCUT2D eigenvalue weighted by molar-refractivity contribution is 6.92. The van der Waals surface area contributed by atoms with E-state index in [0.717, 1.165) is 0 Å². The summed E-state index contributed by atoms with van der Waals surface area (Å²) in [5.41, 5.74) is 0. The molecule has 0 nitrogen and oxygen atoms in total. The fourth-order valence-electron chi connectivity index (χ4n) is 0.754. The quantitative estimate of drug-likeness (QED) is 0.279. The van der Waals surface area contributed by atoms with Crippen molar-refractivity contribution < 1.29 is 0 Å². The molecule has 0 unspecified atom stereocenters. The summed E-state index contributed by atoms with van der Waals surface area (Å²) < 4.78 is 0. The Morgan fingerprint density at radius 2 is 1.50 bits per heavy atom. The molecule has 0 aromatic carbocycles. The van der Waals surface area contributed by atoms with Gasteiger partial charge in [-0.2, -0.15) is 11.1 Å². The minimum Gasteiger partial charge on any atom is -0.176 e. The van der Waals surface area contributed by atoms with Gasteiger partial charge in [0.2, 0.25) is 0 Å². The fraction of sp³-hybridized carbons (Fsp3) is 0.556. The van der Waals surface area contributed by atoms with E-state index in [2.05, 4.69) is 13.2 Å². The van der Waals surface area contributed by atoms with Gasteiger partial charge in [-0.05, 0) is 12.8 Å². The zero-order valence-electron chi connectivity index (χ0n) is 8.19. The second-order valence-electron chi connectivity index (χ2n) is 2.48. The summed E-state index contributed by atoms with van der Waals surface area (Å²) in [6.45, 7) is 9.39. The largest absolute Gasteiger partial charge is 0.176 e. The standard InChI is InChI=1S/C8H16Si.CH5ClSi/c1-3-5-7-9-8-6-4-2;1-3-2/h3-4H,1-2,5-9H2;3H2,1H3. The number of allylic oxidation sites excluding steroid dienone is 2. The molecule has 0 bridgehead atoms. The molecule has 0 aliphatic rings. The van der Waals surface area contributed by atoms with Crippen LogP contribution in [0.2, 0.25) is 18.6 Å². The third-order valence-corrected chi connectivity index (χ3v) is 3.13. The van der Waals surface area contributed by atoms with Gasteiger partial charge in [0.15, 0.2) is 0 Å². The van der Waals surface area contributed by atoms with Gasteiger partial charge in [0.25, 0.3) is 0 Å². The van der Waals surface area contributed by atoms with Crippen molar-refractivity contribution in [2.45, 2.75) is 31.5 Å². The molecular formula is C9H21ClSi2. The molecule has 0 aliphatic carbocycles. The van der Waals surface area contributed by atoms with Crippen molar-refractivity contribution in [1.82, 2.24) is 0 Å². The van der Waals surface area contributed by atoms with Crippen LogP contribution >= 0.6 is 11.1 Å². The Balaban J connectivity index is 0. The Morgan fingerprint density at radius 3 is 1.75 bits per heavy atom. The first-order valence-corrected chi connectivity index (χ1v) is 10.2. The van der Waals surface area contributed by atoms with Crippen molar-refractivity contribution in [2.75, 3.05) is 0 Å². The number of rotatable bonds is 6. The van der Waals surface area contributed by atoms with Crippen LogP contribution in [-0.4, -0.2) is 18.3 Å². The summed E-state index contributed by atoms with van der Waals surface area (Å²) in [6, 6.07) is 2.86. The molecule has 0 radical (unpaired) electrons. The monoisotopic (exact) mass is 220 g/mol. The molecule has 12 heavy (non-hydrogen) atoms. The molecule has 0 saturated carbocycles. The van der Waals surface area contributed by atoms with E-state index in [1.54, 1.807) is 0 Å². The Morgan fingerprint density at radius 1 is 1.17 bits per heavy atom. The lowest BCUT2D eigenvalue weighted by atomic mass is 10.5. The number of halogens is 1. The van der Waals surface area contributed by atoms with E-state index in [1.165, 1.54) is 24.9 Å². The predicted octanol–water partition coefficient (Wildman–Crippen LogP) is 2.50. The van der Waals surface area contributed by atoms with Crippen LogP contribution in [0, 0.1) is 0 Å². The topological polar surface area (TPSA) is 0 Å². The maximum absolute atomic E-state index is 5.14. The minimum absolute atomic E-state index is 0.111. The van der Waals surface area contributed by atoms with Crippen LogP contribution < -0.4 is 0 Å². The van der Waals surface area contributed by atoms with Crippen LogP contribution in [0.4, 0.5) is 0 Å². The van der Waals surface area contributed by atoms with Crippen LogP contribution in [0.15, 0.2) is 25.3 Å². The molecule has 0 N–H and O–H groups in total. The molecule has 0 aromatic heterocycles. The second kappa shape index (κ2) is 17.3. The molecule has 0 saturated heterocycles. The average Bonchev–Trinajstić information content (AvgIpc) is 2.06. The minimum atomic E-state index is -0.111. The number of hydrogen-bond donors (Lipinski definition) is 0. The molecule has 0 amide bonds. The molecule has 0 aliphatic heterocycles. The third-order valence-electron chi connectivity index (χ3n) is 1.32. The van der Waals surface area contributed by atoms with E-state index in [-0.39, 0.29) is 18.3 Å². The van der Waals surface area contributed by atoms with E-state index in [9.17, 15) is 0 Å². The highest BCUT2D eigenvalue weighted by atomic mass is 35.6. The van der Waals surface area contributed by atoms with Crippen molar-refractivity contribution >= 4 is 29.4 Å². The van der Waals surface area contributed by atoms with Crippen LogP contribution in [0.25, 0.3) is 0 Å². The van der Waals surface area contributed by atoms with Crippen molar-refractivity contribution in [3.05, 3.63) is 25.3 Å². The molecule has 3 heteroatoms. The summed E-state index contributed by atoms with van der Waals surface area (Å²) in [6.07, 6.45) is 6.48. The smallest absolute Gasteiger partial charge is 0.122 e. The van der Waals surface area contributed by atoms with Crippen LogP contribution in [0.3, 0.4) is 0 Å². The van der Waals surface area contributed by atoms with Gasteiger partial charge in [-0.1, -0.05) is 30.8 Å². The van der Waals surface area contributed by atoms with Gasteiger partial charge in [-0.3, -0.25) is 0 Å². The number of hydrogen-bond acceptors (Lipinski definition) is 0. The van der Waals surface area contributed by atoms with E-state index in [0.29, 0.717) is 0 Å². The van der Waals surface area contributed by atoms with E-state index < -0.39 is 0 Å². The lowest BCUT2D eigenvalue weighted by Crippen LogP contribution is -1.85. The van der Waals surface area contributed by atoms with Gasteiger partial charge in [0, 0.05) is 9.52 Å². The van der Waals surface area contributed by atoms with E-state index in [1.807, 2.05) is 18.7 Å². The summed E-state index contributed by atoms with van der Waals surface area (Å²) in [4.78, 5) is 0. The first kappa shape index (κ1) is 14.7. The van der Waals surface area contributed by atoms with Gasteiger partial charge in [0.05, 0.1) is 0 Å². The maximum Gasteiger partial charge on any atom is 0.122 e. The normalized spacial score (nSPS) is 9.17. The van der Waals surface area contributed by atoms with Crippen molar-refractivity contribution in [2.24, 2.45) is 0 Å². The van der Waals surface area contributed by atoms with Crippen LogP contribution in [0.5, 0.6) is 0 Å². The van der Waals surface area contributed by atoms with E-state index >= 15 is 0 Å². The highest BCUT2D eigenvalue weighted by Gasteiger charge is 1.84. The van der Waals surface area contributed by atoms with Crippen LogP contribution in [-0.2, 0) is 0 Å². The second-order valence-corrected chi connectivity index (χ2v) is 6.74. The lowest BCUT2D eigenvalue weighted by Gasteiger charge is -1.91. The van der Waals surface area contributed by atoms with Gasteiger partial charge >= 0.3 is 0 Å². The summed E-state index contributed by atoms with van der Waals surface area (Å²) >= 11 is 5.14.